The highest BCUT2D eigenvalue weighted by Crippen LogP contribution is 2.33. The molecular formula is C12H22O5S. The smallest absolute Gasteiger partial charge is 0.185 e. The summed E-state index contributed by atoms with van der Waals surface area (Å²) in [5, 5.41) is 29.5. The van der Waals surface area contributed by atoms with Gasteiger partial charge in [-0.15, -0.1) is 0 Å². The van der Waals surface area contributed by atoms with Crippen molar-refractivity contribution in [1.29, 1.82) is 0 Å². The van der Waals surface area contributed by atoms with Crippen LogP contribution in [0.5, 0.6) is 0 Å². The predicted molar refractivity (Wildman–Crippen MR) is 69.3 cm³/mol. The number of thioether (sulfide) groups is 1. The summed E-state index contributed by atoms with van der Waals surface area (Å²) in [5.74, 6) is 0.271. The highest BCUT2D eigenvalue weighted by atomic mass is 32.2. The van der Waals surface area contributed by atoms with Gasteiger partial charge in [0.05, 0.1) is 12.2 Å². The van der Waals surface area contributed by atoms with Gasteiger partial charge in [-0.1, -0.05) is 32.5 Å². The summed E-state index contributed by atoms with van der Waals surface area (Å²) in [6.07, 6.45) is -4.78. The van der Waals surface area contributed by atoms with E-state index in [1.165, 1.54) is 6.92 Å². The van der Waals surface area contributed by atoms with E-state index in [0.29, 0.717) is 0 Å². The van der Waals surface area contributed by atoms with Gasteiger partial charge in [0.1, 0.15) is 18.3 Å². The van der Waals surface area contributed by atoms with Crippen LogP contribution in [0, 0.1) is 5.41 Å². The third-order valence-corrected chi connectivity index (χ3v) is 3.92. The van der Waals surface area contributed by atoms with E-state index < -0.39 is 30.5 Å². The number of ether oxygens (including phenoxy) is 1. The lowest BCUT2D eigenvalue weighted by atomic mass is 9.80. The van der Waals surface area contributed by atoms with E-state index in [1.54, 1.807) is 0 Å². The number of carbonyl (C=O) groups is 1. The molecule has 0 aliphatic carbocycles. The van der Waals surface area contributed by atoms with Gasteiger partial charge in [0.25, 0.3) is 0 Å². The second-order valence-electron chi connectivity index (χ2n) is 5.74. The third kappa shape index (κ3) is 3.68. The topological polar surface area (TPSA) is 87.0 Å². The Balaban J connectivity index is 2.77. The predicted octanol–water partition coefficient (Wildman–Crippen LogP) is 0.162. The van der Waals surface area contributed by atoms with Crippen LogP contribution in [-0.2, 0) is 9.53 Å². The van der Waals surface area contributed by atoms with E-state index in [1.807, 2.05) is 20.8 Å². The molecule has 3 unspecified atom stereocenters. The molecular weight excluding hydrogens is 256 g/mol. The summed E-state index contributed by atoms with van der Waals surface area (Å²) in [5.41, 5.74) is -0.361. The minimum Gasteiger partial charge on any atom is -0.388 e. The van der Waals surface area contributed by atoms with Crippen molar-refractivity contribution in [2.24, 2.45) is 5.41 Å². The van der Waals surface area contributed by atoms with Gasteiger partial charge in [-0.3, -0.25) is 4.79 Å². The highest BCUT2D eigenvalue weighted by Gasteiger charge is 2.47. The van der Waals surface area contributed by atoms with Gasteiger partial charge < -0.3 is 20.1 Å². The Labute approximate surface area is 112 Å². The first-order valence-corrected chi connectivity index (χ1v) is 6.96. The molecule has 3 N–H and O–H groups in total. The normalized spacial score (nSPS) is 37.6. The molecule has 0 aromatic rings. The number of rotatable bonds is 2. The Morgan fingerprint density at radius 3 is 2.17 bits per heavy atom. The van der Waals surface area contributed by atoms with Crippen molar-refractivity contribution in [2.75, 3.05) is 5.75 Å². The fourth-order valence-electron chi connectivity index (χ4n) is 2.00. The lowest BCUT2D eigenvalue weighted by molar-refractivity contribution is -0.238. The average molecular weight is 278 g/mol. The zero-order valence-corrected chi connectivity index (χ0v) is 12.0. The summed E-state index contributed by atoms with van der Waals surface area (Å²) < 4.78 is 5.66. The molecule has 0 aromatic carbocycles. The number of carbonyl (C=O) groups excluding carboxylic acids is 1. The van der Waals surface area contributed by atoms with E-state index in [2.05, 4.69) is 0 Å². The van der Waals surface area contributed by atoms with Crippen LogP contribution in [-0.4, -0.2) is 56.7 Å². The van der Waals surface area contributed by atoms with Crippen molar-refractivity contribution in [2.45, 2.75) is 58.2 Å². The van der Waals surface area contributed by atoms with Gasteiger partial charge >= 0.3 is 0 Å². The van der Waals surface area contributed by atoms with Crippen LogP contribution in [0.2, 0.25) is 0 Å². The summed E-state index contributed by atoms with van der Waals surface area (Å²) in [6, 6.07) is 0. The lowest BCUT2D eigenvalue weighted by Crippen LogP contribution is -2.61. The maximum atomic E-state index is 10.9. The first kappa shape index (κ1) is 15.9. The van der Waals surface area contributed by atoms with Crippen LogP contribution in [0.3, 0.4) is 0 Å². The van der Waals surface area contributed by atoms with Crippen molar-refractivity contribution in [3.05, 3.63) is 0 Å². The second kappa shape index (κ2) is 5.88. The molecule has 0 bridgehead atoms. The van der Waals surface area contributed by atoms with Crippen molar-refractivity contribution in [1.82, 2.24) is 0 Å². The molecule has 0 saturated carbocycles. The molecule has 106 valence electrons. The molecule has 1 fully saturated rings. The van der Waals surface area contributed by atoms with E-state index in [-0.39, 0.29) is 16.3 Å². The maximum Gasteiger partial charge on any atom is 0.185 e. The van der Waals surface area contributed by atoms with Crippen molar-refractivity contribution >= 4 is 16.9 Å². The second-order valence-corrected chi connectivity index (χ2v) is 6.93. The van der Waals surface area contributed by atoms with Crippen LogP contribution in [0.4, 0.5) is 0 Å². The molecule has 1 aliphatic rings. The molecule has 0 aromatic heterocycles. The largest absolute Gasteiger partial charge is 0.388 e. The van der Waals surface area contributed by atoms with Crippen LogP contribution >= 0.6 is 11.8 Å². The van der Waals surface area contributed by atoms with Crippen molar-refractivity contribution < 1.29 is 24.9 Å². The quantitative estimate of drug-likeness (QED) is 0.667. The molecule has 1 heterocycles. The molecule has 0 amide bonds. The Morgan fingerprint density at radius 1 is 1.17 bits per heavy atom. The van der Waals surface area contributed by atoms with Crippen molar-refractivity contribution in [3.63, 3.8) is 0 Å². The van der Waals surface area contributed by atoms with Gasteiger partial charge in [-0.25, -0.2) is 0 Å². The molecule has 0 radical (unpaired) electrons. The fourth-order valence-corrected chi connectivity index (χ4v) is 2.68. The lowest BCUT2D eigenvalue weighted by Gasteiger charge is -2.45. The minimum atomic E-state index is -1.25. The first-order valence-electron chi connectivity index (χ1n) is 5.97. The molecule has 0 spiro atoms. The Kier molecular flexibility index (Phi) is 5.20. The van der Waals surface area contributed by atoms with E-state index >= 15 is 0 Å². The van der Waals surface area contributed by atoms with Gasteiger partial charge in [-0.2, -0.15) is 0 Å². The summed E-state index contributed by atoms with van der Waals surface area (Å²) in [7, 11) is 0. The van der Waals surface area contributed by atoms with Gasteiger partial charge in [0, 0.05) is 12.7 Å². The summed E-state index contributed by atoms with van der Waals surface area (Å²) in [4.78, 5) is 10.9. The first-order chi connectivity index (χ1) is 8.14. The van der Waals surface area contributed by atoms with Gasteiger partial charge in [-0.05, 0) is 5.41 Å². The number of hydrogen-bond donors (Lipinski definition) is 3. The monoisotopic (exact) mass is 278 g/mol. The Hall–Kier alpha value is -0.140. The number of aliphatic hydroxyl groups is 3. The Bertz CT molecular complexity index is 301. The van der Waals surface area contributed by atoms with Crippen molar-refractivity contribution in [3.8, 4) is 0 Å². The molecule has 1 saturated heterocycles. The maximum absolute atomic E-state index is 10.9. The average Bonchev–Trinajstić information content (AvgIpc) is 2.23. The molecule has 5 nitrogen and oxygen atoms in total. The van der Waals surface area contributed by atoms with Crippen LogP contribution in [0.15, 0.2) is 0 Å². The molecule has 6 heteroatoms. The summed E-state index contributed by atoms with van der Waals surface area (Å²) >= 11 is 1.04. The Morgan fingerprint density at radius 2 is 1.72 bits per heavy atom. The van der Waals surface area contributed by atoms with Crippen LogP contribution < -0.4 is 0 Å². The van der Waals surface area contributed by atoms with E-state index in [9.17, 15) is 20.1 Å². The highest BCUT2D eigenvalue weighted by molar-refractivity contribution is 8.13. The molecule has 1 rings (SSSR count). The van der Waals surface area contributed by atoms with Crippen LogP contribution in [0.1, 0.15) is 27.7 Å². The van der Waals surface area contributed by atoms with E-state index in [4.69, 9.17) is 4.74 Å². The van der Waals surface area contributed by atoms with E-state index in [0.717, 1.165) is 11.8 Å². The molecule has 1 aliphatic heterocycles. The standard InChI is InChI=1S/C12H22O5S/c1-6(13)18-5-7-8(14)9(15)10(16)11(17-7)12(2,3)4/h7-11,14-16H,5H2,1-4H3/t7?,8-,9?,10?,11+/m0/s1. The molecule has 5 atom stereocenters. The number of aliphatic hydroxyl groups excluding tert-OH is 3. The fraction of sp³-hybridized carbons (Fsp3) is 0.917. The minimum absolute atomic E-state index is 0.0706. The zero-order valence-electron chi connectivity index (χ0n) is 11.2. The van der Waals surface area contributed by atoms with Gasteiger partial charge in [0.2, 0.25) is 0 Å². The zero-order chi connectivity index (χ0) is 14.1. The van der Waals surface area contributed by atoms with Gasteiger partial charge in [0.15, 0.2) is 5.12 Å². The SMILES string of the molecule is CC(=O)SCC1O[C@@H](C(C)(C)C)C(O)C(O)[C@H]1O. The summed E-state index contributed by atoms with van der Waals surface area (Å²) in [6.45, 7) is 7.11. The number of hydrogen-bond acceptors (Lipinski definition) is 6. The molecule has 18 heavy (non-hydrogen) atoms. The third-order valence-electron chi connectivity index (χ3n) is 3.02. The van der Waals surface area contributed by atoms with Crippen LogP contribution in [0.25, 0.3) is 0 Å².